The number of aliphatic hydroxyl groups is 2. The summed E-state index contributed by atoms with van der Waals surface area (Å²) < 4.78 is 25.8. The van der Waals surface area contributed by atoms with Crippen molar-refractivity contribution in [2.75, 3.05) is 0 Å². The second kappa shape index (κ2) is 14.0. The Hall–Kier alpha value is -3.36. The largest absolute Gasteiger partial charge is 0.387 e. The van der Waals surface area contributed by atoms with Gasteiger partial charge in [-0.15, -0.1) is 0 Å². The Bertz CT molecular complexity index is 1300. The SMILES string of the molecule is C[C@@]1(O)[C@H](O)[C@@H](OCc2ccccc2)[C@@H](OCc2ccccc2)[C@H](OCc2ccccc2)[C@@H]1OCc1ccccc1. The summed E-state index contributed by atoms with van der Waals surface area (Å²) in [7, 11) is 0. The molecule has 2 N–H and O–H groups in total. The summed E-state index contributed by atoms with van der Waals surface area (Å²) in [5.74, 6) is 0. The van der Waals surface area contributed by atoms with Gasteiger partial charge in [-0.3, -0.25) is 0 Å². The molecule has 4 aromatic carbocycles. The molecule has 0 spiro atoms. The standard InChI is InChI=1S/C35H38O6/c1-35(37)33(36)31(39-23-27-16-8-3-9-17-27)30(38-22-26-14-6-2-7-15-26)32(40-24-28-18-10-4-11-19-28)34(35)41-25-29-20-12-5-13-21-29/h2-21,30-34,36-37H,22-25H2,1H3/t30-,31+,32+,33-,34+,35-/m1/s1. The first kappa shape index (κ1) is 29.1. The van der Waals surface area contributed by atoms with Crippen molar-refractivity contribution in [1.82, 2.24) is 0 Å². The average molecular weight is 555 g/mol. The Morgan fingerprint density at radius 3 is 1.20 bits per heavy atom. The predicted molar refractivity (Wildman–Crippen MR) is 157 cm³/mol. The molecule has 1 aliphatic rings. The van der Waals surface area contributed by atoms with Crippen LogP contribution in [0.15, 0.2) is 121 Å². The molecule has 0 bridgehead atoms. The van der Waals surface area contributed by atoms with Crippen LogP contribution in [-0.2, 0) is 45.4 Å². The number of benzene rings is 4. The summed E-state index contributed by atoms with van der Waals surface area (Å²) >= 11 is 0. The van der Waals surface area contributed by atoms with Crippen LogP contribution in [0.2, 0.25) is 0 Å². The Morgan fingerprint density at radius 2 is 0.805 bits per heavy atom. The minimum absolute atomic E-state index is 0.237. The van der Waals surface area contributed by atoms with Crippen LogP contribution in [-0.4, -0.2) is 46.3 Å². The first-order chi connectivity index (χ1) is 20.0. The van der Waals surface area contributed by atoms with Gasteiger partial charge >= 0.3 is 0 Å². The van der Waals surface area contributed by atoms with Gasteiger partial charge in [0.1, 0.15) is 36.1 Å². The van der Waals surface area contributed by atoms with E-state index in [0.717, 1.165) is 22.3 Å². The number of rotatable bonds is 12. The molecule has 0 saturated heterocycles. The van der Waals surface area contributed by atoms with E-state index in [0.29, 0.717) is 0 Å². The summed E-state index contributed by atoms with van der Waals surface area (Å²) in [4.78, 5) is 0. The van der Waals surface area contributed by atoms with Crippen molar-refractivity contribution in [3.63, 3.8) is 0 Å². The molecule has 4 aromatic rings. The quantitative estimate of drug-likeness (QED) is 0.242. The van der Waals surface area contributed by atoms with Crippen LogP contribution in [0, 0.1) is 0 Å². The Labute approximate surface area is 242 Å². The van der Waals surface area contributed by atoms with Gasteiger partial charge in [-0.05, 0) is 29.2 Å². The lowest BCUT2D eigenvalue weighted by molar-refractivity contribution is -0.302. The Morgan fingerprint density at radius 1 is 0.488 bits per heavy atom. The summed E-state index contributed by atoms with van der Waals surface area (Å²) in [6.07, 6.45) is -4.57. The second-order valence-electron chi connectivity index (χ2n) is 10.7. The molecule has 6 heteroatoms. The highest BCUT2D eigenvalue weighted by Crippen LogP contribution is 2.38. The molecular weight excluding hydrogens is 516 g/mol. The number of hydrogen-bond donors (Lipinski definition) is 2. The lowest BCUT2D eigenvalue weighted by Gasteiger charge is -2.51. The van der Waals surface area contributed by atoms with Gasteiger partial charge in [0.2, 0.25) is 0 Å². The van der Waals surface area contributed by atoms with Crippen molar-refractivity contribution >= 4 is 0 Å². The van der Waals surface area contributed by atoms with Crippen LogP contribution in [0.5, 0.6) is 0 Å². The lowest BCUT2D eigenvalue weighted by atomic mass is 9.75. The molecular formula is C35H38O6. The number of ether oxygens (including phenoxy) is 4. The molecule has 0 radical (unpaired) electrons. The fourth-order valence-corrected chi connectivity index (χ4v) is 5.25. The lowest BCUT2D eigenvalue weighted by Crippen LogP contribution is -2.71. The smallest absolute Gasteiger partial charge is 0.119 e. The molecule has 0 amide bonds. The van der Waals surface area contributed by atoms with Crippen molar-refractivity contribution < 1.29 is 29.2 Å². The summed E-state index contributed by atoms with van der Waals surface area (Å²) in [6.45, 7) is 2.62. The van der Waals surface area contributed by atoms with Gasteiger partial charge in [-0.25, -0.2) is 0 Å². The zero-order chi connectivity index (χ0) is 28.5. The molecule has 1 aliphatic carbocycles. The highest BCUT2D eigenvalue weighted by molar-refractivity contribution is 5.18. The van der Waals surface area contributed by atoms with Crippen LogP contribution < -0.4 is 0 Å². The normalized spacial score (nSPS) is 26.1. The third-order valence-electron chi connectivity index (χ3n) is 7.56. The summed E-state index contributed by atoms with van der Waals surface area (Å²) in [5.41, 5.74) is 2.16. The van der Waals surface area contributed by atoms with E-state index in [1.54, 1.807) is 6.92 Å². The highest BCUT2D eigenvalue weighted by atomic mass is 16.6. The van der Waals surface area contributed by atoms with Crippen LogP contribution in [0.3, 0.4) is 0 Å². The topological polar surface area (TPSA) is 77.4 Å². The van der Waals surface area contributed by atoms with Gasteiger partial charge in [0.15, 0.2) is 0 Å². The van der Waals surface area contributed by atoms with Crippen LogP contribution in [0.25, 0.3) is 0 Å². The van der Waals surface area contributed by atoms with Gasteiger partial charge in [-0.2, -0.15) is 0 Å². The Kier molecular flexibility index (Phi) is 9.96. The van der Waals surface area contributed by atoms with Crippen molar-refractivity contribution in [1.29, 1.82) is 0 Å². The number of aliphatic hydroxyl groups excluding tert-OH is 1. The van der Waals surface area contributed by atoms with Gasteiger partial charge in [0.25, 0.3) is 0 Å². The first-order valence-electron chi connectivity index (χ1n) is 14.0. The third kappa shape index (κ3) is 7.49. The monoisotopic (exact) mass is 554 g/mol. The van der Waals surface area contributed by atoms with E-state index in [9.17, 15) is 10.2 Å². The van der Waals surface area contributed by atoms with E-state index >= 15 is 0 Å². The molecule has 1 fully saturated rings. The average Bonchev–Trinajstić information content (AvgIpc) is 3.02. The molecule has 0 aliphatic heterocycles. The molecule has 0 unspecified atom stereocenters. The summed E-state index contributed by atoms with van der Waals surface area (Å²) in [5, 5.41) is 23.5. The third-order valence-corrected chi connectivity index (χ3v) is 7.56. The van der Waals surface area contributed by atoms with Crippen molar-refractivity contribution in [2.45, 2.75) is 69.5 Å². The van der Waals surface area contributed by atoms with Gasteiger partial charge in [-0.1, -0.05) is 121 Å². The van der Waals surface area contributed by atoms with Gasteiger partial charge < -0.3 is 29.2 Å². The van der Waals surface area contributed by atoms with Crippen molar-refractivity contribution in [3.8, 4) is 0 Å². The molecule has 0 heterocycles. The van der Waals surface area contributed by atoms with E-state index in [1.165, 1.54) is 0 Å². The number of hydrogen-bond acceptors (Lipinski definition) is 6. The van der Waals surface area contributed by atoms with Crippen molar-refractivity contribution in [2.24, 2.45) is 0 Å². The predicted octanol–water partition coefficient (Wildman–Crippen LogP) is 5.45. The summed E-state index contributed by atoms with van der Waals surface area (Å²) in [6, 6.07) is 39.2. The van der Waals surface area contributed by atoms with Crippen molar-refractivity contribution in [3.05, 3.63) is 144 Å². The maximum absolute atomic E-state index is 11.8. The fourth-order valence-electron chi connectivity index (χ4n) is 5.25. The molecule has 6 atom stereocenters. The van der Waals surface area contributed by atoms with E-state index in [2.05, 4.69) is 0 Å². The molecule has 6 nitrogen and oxygen atoms in total. The second-order valence-corrected chi connectivity index (χ2v) is 10.7. The first-order valence-corrected chi connectivity index (χ1v) is 14.0. The van der Waals surface area contributed by atoms with E-state index in [1.807, 2.05) is 121 Å². The van der Waals surface area contributed by atoms with Crippen LogP contribution >= 0.6 is 0 Å². The highest BCUT2D eigenvalue weighted by Gasteiger charge is 2.59. The van der Waals surface area contributed by atoms with Crippen LogP contribution in [0.4, 0.5) is 0 Å². The molecule has 214 valence electrons. The maximum atomic E-state index is 11.8. The molecule has 1 saturated carbocycles. The van der Waals surface area contributed by atoms with Gasteiger partial charge in [0.05, 0.1) is 26.4 Å². The van der Waals surface area contributed by atoms with E-state index in [-0.39, 0.29) is 26.4 Å². The molecule has 41 heavy (non-hydrogen) atoms. The fraction of sp³-hybridized carbons (Fsp3) is 0.314. The maximum Gasteiger partial charge on any atom is 0.119 e. The molecule has 5 rings (SSSR count). The van der Waals surface area contributed by atoms with Gasteiger partial charge in [0, 0.05) is 0 Å². The zero-order valence-corrected chi connectivity index (χ0v) is 23.3. The minimum Gasteiger partial charge on any atom is -0.387 e. The zero-order valence-electron chi connectivity index (χ0n) is 23.3. The molecule has 0 aromatic heterocycles. The minimum atomic E-state index is -1.69. The van der Waals surface area contributed by atoms with E-state index < -0.39 is 36.1 Å². The Balaban J connectivity index is 1.46. The van der Waals surface area contributed by atoms with E-state index in [4.69, 9.17) is 18.9 Å². The van der Waals surface area contributed by atoms with Crippen LogP contribution in [0.1, 0.15) is 29.2 Å².